The molecule has 0 bridgehead atoms. The predicted molar refractivity (Wildman–Crippen MR) is 74.8 cm³/mol. The Bertz CT molecular complexity index is 499. The van der Waals surface area contributed by atoms with Crippen molar-refractivity contribution in [2.24, 2.45) is 17.8 Å². The van der Waals surface area contributed by atoms with E-state index in [2.05, 4.69) is 0 Å². The van der Waals surface area contributed by atoms with Crippen molar-refractivity contribution in [2.75, 3.05) is 24.6 Å². The highest BCUT2D eigenvalue weighted by Gasteiger charge is 2.53. The van der Waals surface area contributed by atoms with Crippen LogP contribution in [0.25, 0.3) is 0 Å². The SMILES string of the molecule is C[C@@H]1CN(C(=O)C2CCS(=O)(=O)CC2)C[C@@]1(O)C1CC1. The molecule has 2 heterocycles. The Morgan fingerprint density at radius 3 is 2.35 bits per heavy atom. The molecule has 3 fully saturated rings. The van der Waals surface area contributed by atoms with Gasteiger partial charge < -0.3 is 10.0 Å². The smallest absolute Gasteiger partial charge is 0.225 e. The van der Waals surface area contributed by atoms with E-state index in [9.17, 15) is 18.3 Å². The van der Waals surface area contributed by atoms with E-state index in [0.29, 0.717) is 31.8 Å². The monoisotopic (exact) mass is 301 g/mol. The van der Waals surface area contributed by atoms with Crippen LogP contribution in [0.5, 0.6) is 0 Å². The first-order valence-electron chi connectivity index (χ1n) is 7.53. The Kier molecular flexibility index (Phi) is 3.36. The zero-order chi connectivity index (χ0) is 14.5. The van der Waals surface area contributed by atoms with Crippen molar-refractivity contribution in [3.05, 3.63) is 0 Å². The first-order chi connectivity index (χ1) is 9.32. The van der Waals surface area contributed by atoms with Crippen LogP contribution >= 0.6 is 0 Å². The van der Waals surface area contributed by atoms with Crippen molar-refractivity contribution in [2.45, 2.75) is 38.2 Å². The molecule has 3 rings (SSSR count). The molecule has 6 heteroatoms. The molecule has 3 aliphatic rings. The summed E-state index contributed by atoms with van der Waals surface area (Å²) in [6.45, 7) is 3.05. The van der Waals surface area contributed by atoms with Crippen molar-refractivity contribution in [1.29, 1.82) is 0 Å². The third kappa shape index (κ3) is 2.48. The van der Waals surface area contributed by atoms with Crippen LogP contribution in [0, 0.1) is 17.8 Å². The molecule has 114 valence electrons. The lowest BCUT2D eigenvalue weighted by atomic mass is 9.88. The van der Waals surface area contributed by atoms with E-state index in [0.717, 1.165) is 12.8 Å². The second-order valence-corrected chi connectivity index (χ2v) is 9.12. The van der Waals surface area contributed by atoms with Crippen molar-refractivity contribution in [1.82, 2.24) is 4.90 Å². The fourth-order valence-corrected chi connectivity index (χ4v) is 5.18. The molecule has 2 atom stereocenters. The number of rotatable bonds is 2. The van der Waals surface area contributed by atoms with Crippen LogP contribution in [0.3, 0.4) is 0 Å². The maximum atomic E-state index is 12.5. The van der Waals surface area contributed by atoms with Crippen LogP contribution in [0.2, 0.25) is 0 Å². The average molecular weight is 301 g/mol. The zero-order valence-electron chi connectivity index (χ0n) is 11.9. The van der Waals surface area contributed by atoms with Gasteiger partial charge in [0.15, 0.2) is 0 Å². The molecule has 2 aliphatic heterocycles. The molecule has 1 N–H and O–H groups in total. The van der Waals surface area contributed by atoms with Crippen molar-refractivity contribution in [3.8, 4) is 0 Å². The van der Waals surface area contributed by atoms with E-state index < -0.39 is 15.4 Å². The molecule has 0 unspecified atom stereocenters. The normalized spacial score (nSPS) is 38.1. The van der Waals surface area contributed by atoms with Gasteiger partial charge in [-0.15, -0.1) is 0 Å². The van der Waals surface area contributed by atoms with Gasteiger partial charge in [-0.3, -0.25) is 4.79 Å². The van der Waals surface area contributed by atoms with Gasteiger partial charge in [-0.2, -0.15) is 0 Å². The highest BCUT2D eigenvalue weighted by Crippen LogP contribution is 2.47. The molecule has 0 aromatic carbocycles. The maximum absolute atomic E-state index is 12.5. The summed E-state index contributed by atoms with van der Waals surface area (Å²) in [6, 6.07) is 0. The quantitative estimate of drug-likeness (QED) is 0.802. The number of sulfone groups is 1. The van der Waals surface area contributed by atoms with Gasteiger partial charge in [0.25, 0.3) is 0 Å². The molecule has 1 saturated carbocycles. The zero-order valence-corrected chi connectivity index (χ0v) is 12.7. The lowest BCUT2D eigenvalue weighted by molar-refractivity contribution is -0.135. The third-order valence-corrected chi connectivity index (χ3v) is 7.01. The second kappa shape index (κ2) is 4.70. The minimum atomic E-state index is -2.93. The number of amides is 1. The molecular formula is C14H23NO4S. The number of hydrogen-bond acceptors (Lipinski definition) is 4. The molecule has 0 radical (unpaired) electrons. The summed E-state index contributed by atoms with van der Waals surface area (Å²) in [5, 5.41) is 10.7. The van der Waals surface area contributed by atoms with Gasteiger partial charge in [0.2, 0.25) is 5.91 Å². The van der Waals surface area contributed by atoms with Crippen LogP contribution in [0.4, 0.5) is 0 Å². The van der Waals surface area contributed by atoms with Gasteiger partial charge in [-0.05, 0) is 31.6 Å². The largest absolute Gasteiger partial charge is 0.387 e. The van der Waals surface area contributed by atoms with E-state index in [-0.39, 0.29) is 29.2 Å². The van der Waals surface area contributed by atoms with Gasteiger partial charge in [0, 0.05) is 24.9 Å². The summed E-state index contributed by atoms with van der Waals surface area (Å²) in [7, 11) is -2.93. The van der Waals surface area contributed by atoms with E-state index in [1.807, 2.05) is 6.92 Å². The Labute approximate surface area is 120 Å². The molecule has 1 amide bonds. The first-order valence-corrected chi connectivity index (χ1v) is 9.35. The number of aliphatic hydroxyl groups is 1. The average Bonchev–Trinajstić information content (AvgIpc) is 3.17. The van der Waals surface area contributed by atoms with Gasteiger partial charge in [0.1, 0.15) is 9.84 Å². The number of likely N-dealkylation sites (tertiary alicyclic amines) is 1. The molecule has 0 aromatic heterocycles. The van der Waals surface area contributed by atoms with Crippen LogP contribution in [-0.4, -0.2) is 54.5 Å². The molecule has 5 nitrogen and oxygen atoms in total. The molecule has 2 saturated heterocycles. The number of hydrogen-bond donors (Lipinski definition) is 1. The Morgan fingerprint density at radius 2 is 1.80 bits per heavy atom. The van der Waals surface area contributed by atoms with E-state index in [1.54, 1.807) is 4.90 Å². The molecular weight excluding hydrogens is 278 g/mol. The first kappa shape index (κ1) is 14.3. The Hall–Kier alpha value is -0.620. The van der Waals surface area contributed by atoms with Gasteiger partial charge in [0.05, 0.1) is 17.1 Å². The summed E-state index contributed by atoms with van der Waals surface area (Å²) in [4.78, 5) is 14.3. The van der Waals surface area contributed by atoms with Gasteiger partial charge >= 0.3 is 0 Å². The summed E-state index contributed by atoms with van der Waals surface area (Å²) in [5.41, 5.74) is -0.712. The van der Waals surface area contributed by atoms with Gasteiger partial charge in [-0.25, -0.2) is 8.42 Å². The van der Waals surface area contributed by atoms with Crippen LogP contribution in [0.1, 0.15) is 32.6 Å². The summed E-state index contributed by atoms with van der Waals surface area (Å²) < 4.78 is 22.9. The Balaban J connectivity index is 1.64. The molecule has 20 heavy (non-hydrogen) atoms. The van der Waals surface area contributed by atoms with Crippen molar-refractivity contribution in [3.63, 3.8) is 0 Å². The van der Waals surface area contributed by atoms with E-state index in [4.69, 9.17) is 0 Å². The lowest BCUT2D eigenvalue weighted by Crippen LogP contribution is -2.42. The Morgan fingerprint density at radius 1 is 1.20 bits per heavy atom. The minimum absolute atomic E-state index is 0.0447. The number of carbonyl (C=O) groups is 1. The molecule has 1 aliphatic carbocycles. The standard InChI is InChI=1S/C14H23NO4S/c1-10-8-15(9-14(10,17)12-2-3-12)13(16)11-4-6-20(18,19)7-5-11/h10-12,17H,2-9H2,1H3/t10-,14+/m1/s1. The fraction of sp³-hybridized carbons (Fsp3) is 0.929. The van der Waals surface area contributed by atoms with Crippen molar-refractivity contribution >= 4 is 15.7 Å². The summed E-state index contributed by atoms with van der Waals surface area (Å²) in [5.74, 6) is 0.586. The number of β-amino-alcohol motifs (C(OH)–C–C–N with tert-alkyl or cyclic N) is 1. The molecule has 0 aromatic rings. The van der Waals surface area contributed by atoms with Crippen molar-refractivity contribution < 1.29 is 18.3 Å². The van der Waals surface area contributed by atoms with Gasteiger partial charge in [-0.1, -0.05) is 6.92 Å². The molecule has 0 spiro atoms. The van der Waals surface area contributed by atoms with E-state index >= 15 is 0 Å². The topological polar surface area (TPSA) is 74.7 Å². The summed E-state index contributed by atoms with van der Waals surface area (Å²) >= 11 is 0. The minimum Gasteiger partial charge on any atom is -0.387 e. The van der Waals surface area contributed by atoms with Crippen LogP contribution in [0.15, 0.2) is 0 Å². The lowest BCUT2D eigenvalue weighted by Gasteiger charge is -2.28. The maximum Gasteiger partial charge on any atom is 0.225 e. The fourth-order valence-electron chi connectivity index (χ4n) is 3.69. The number of nitrogens with zero attached hydrogens (tertiary/aromatic N) is 1. The van der Waals surface area contributed by atoms with Crippen LogP contribution < -0.4 is 0 Å². The highest BCUT2D eigenvalue weighted by molar-refractivity contribution is 7.91. The van der Waals surface area contributed by atoms with E-state index in [1.165, 1.54) is 0 Å². The number of carbonyl (C=O) groups excluding carboxylic acids is 1. The predicted octanol–water partition coefficient (Wildman–Crippen LogP) is 0.431. The third-order valence-electron chi connectivity index (χ3n) is 5.29. The second-order valence-electron chi connectivity index (χ2n) is 6.81. The summed E-state index contributed by atoms with van der Waals surface area (Å²) in [6.07, 6.45) is 3.00. The highest BCUT2D eigenvalue weighted by atomic mass is 32.2. The van der Waals surface area contributed by atoms with Crippen LogP contribution in [-0.2, 0) is 14.6 Å².